The molecule has 1 aromatic carbocycles. The van der Waals surface area contributed by atoms with E-state index < -0.39 is 0 Å². The highest BCUT2D eigenvalue weighted by molar-refractivity contribution is 9.10. The molecule has 0 aliphatic heterocycles. The predicted molar refractivity (Wildman–Crippen MR) is 96.7 cm³/mol. The van der Waals surface area contributed by atoms with Crippen LogP contribution in [0.1, 0.15) is 6.92 Å². The minimum atomic E-state index is -0.265. The molecular weight excluding hydrogens is 384 g/mol. The van der Waals surface area contributed by atoms with Gasteiger partial charge in [-0.25, -0.2) is 0 Å². The van der Waals surface area contributed by atoms with E-state index in [4.69, 9.17) is 0 Å². The number of hydrogen-bond donors (Lipinski definition) is 2. The molecule has 2 N–H and O–H groups in total. The average molecular weight is 399 g/mol. The quantitative estimate of drug-likeness (QED) is 0.544. The van der Waals surface area contributed by atoms with Crippen molar-refractivity contribution in [2.45, 2.75) is 16.5 Å². The fraction of sp³-hybridized carbons (Fsp3) is 0.214. The Bertz CT molecular complexity index is 662. The molecule has 0 saturated carbocycles. The van der Waals surface area contributed by atoms with Gasteiger partial charge in [0.1, 0.15) is 0 Å². The maximum Gasteiger partial charge on any atom is 0.237 e. The number of hydrogen-bond acceptors (Lipinski definition) is 6. The summed E-state index contributed by atoms with van der Waals surface area (Å²) in [6.07, 6.45) is 1.75. The molecule has 0 aliphatic carbocycles. The van der Waals surface area contributed by atoms with Gasteiger partial charge in [-0.05, 0) is 25.1 Å². The minimum absolute atomic E-state index is 0.0705. The van der Waals surface area contributed by atoms with Crippen molar-refractivity contribution in [3.63, 3.8) is 0 Å². The van der Waals surface area contributed by atoms with Crippen LogP contribution in [0.2, 0.25) is 0 Å². The number of nitrogens with one attached hydrogen (secondary N) is 2. The molecule has 0 radical (unpaired) electrons. The Kier molecular flexibility index (Phi) is 6.41. The monoisotopic (exact) mass is 398 g/mol. The van der Waals surface area contributed by atoms with Gasteiger partial charge in [-0.1, -0.05) is 51.2 Å². The SMILES string of the molecule is C=CCNc1nnc(S[C@H](C)C(=O)Nc2cccc(Br)c2)s1. The molecule has 0 fully saturated rings. The summed E-state index contributed by atoms with van der Waals surface area (Å²) in [4.78, 5) is 12.2. The Hall–Kier alpha value is -1.38. The molecule has 0 spiro atoms. The molecule has 2 aromatic rings. The van der Waals surface area contributed by atoms with Crippen molar-refractivity contribution in [1.82, 2.24) is 10.2 Å². The van der Waals surface area contributed by atoms with E-state index in [9.17, 15) is 4.79 Å². The predicted octanol–water partition coefficient (Wildman–Crippen LogP) is 4.02. The van der Waals surface area contributed by atoms with Crippen LogP contribution in [0.15, 0.2) is 45.7 Å². The number of thioether (sulfide) groups is 1. The molecule has 1 amide bonds. The highest BCUT2D eigenvalue weighted by Gasteiger charge is 2.17. The highest BCUT2D eigenvalue weighted by Crippen LogP contribution is 2.29. The van der Waals surface area contributed by atoms with Gasteiger partial charge >= 0.3 is 0 Å². The van der Waals surface area contributed by atoms with E-state index >= 15 is 0 Å². The van der Waals surface area contributed by atoms with E-state index in [1.807, 2.05) is 31.2 Å². The van der Waals surface area contributed by atoms with E-state index in [1.165, 1.54) is 23.1 Å². The lowest BCUT2D eigenvalue weighted by Crippen LogP contribution is -2.22. The number of nitrogens with zero attached hydrogens (tertiary/aromatic N) is 2. The van der Waals surface area contributed by atoms with Crippen LogP contribution in [0, 0.1) is 0 Å². The molecule has 1 aromatic heterocycles. The zero-order valence-corrected chi connectivity index (χ0v) is 15.1. The van der Waals surface area contributed by atoms with Gasteiger partial charge < -0.3 is 10.6 Å². The summed E-state index contributed by atoms with van der Waals surface area (Å²) < 4.78 is 1.68. The van der Waals surface area contributed by atoms with Crippen molar-refractivity contribution in [1.29, 1.82) is 0 Å². The summed E-state index contributed by atoms with van der Waals surface area (Å²) in [6.45, 7) is 6.11. The molecule has 1 atom stereocenters. The van der Waals surface area contributed by atoms with Crippen molar-refractivity contribution < 1.29 is 4.79 Å². The largest absolute Gasteiger partial charge is 0.357 e. The van der Waals surface area contributed by atoms with Gasteiger partial charge in [0.15, 0.2) is 4.34 Å². The summed E-state index contributed by atoms with van der Waals surface area (Å²) in [6, 6.07) is 7.49. The number of rotatable bonds is 7. The van der Waals surface area contributed by atoms with Crippen LogP contribution in [-0.2, 0) is 4.79 Å². The van der Waals surface area contributed by atoms with E-state index in [1.54, 1.807) is 6.08 Å². The summed E-state index contributed by atoms with van der Waals surface area (Å²) in [7, 11) is 0. The van der Waals surface area contributed by atoms with Crippen LogP contribution in [0.3, 0.4) is 0 Å². The van der Waals surface area contributed by atoms with Crippen molar-refractivity contribution in [3.8, 4) is 0 Å². The first-order valence-corrected chi connectivity index (χ1v) is 8.98. The summed E-state index contributed by atoms with van der Waals surface area (Å²) in [5, 5.41) is 14.5. The standard InChI is InChI=1S/C14H15BrN4OS2/c1-3-7-16-13-18-19-14(22-13)21-9(2)12(20)17-11-6-4-5-10(15)8-11/h3-6,8-9H,1,7H2,2H3,(H,16,18)(H,17,20)/t9-/m1/s1. The van der Waals surface area contributed by atoms with E-state index in [0.717, 1.165) is 19.6 Å². The first-order chi connectivity index (χ1) is 10.6. The summed E-state index contributed by atoms with van der Waals surface area (Å²) in [5.41, 5.74) is 0.762. The van der Waals surface area contributed by atoms with Crippen molar-refractivity contribution in [3.05, 3.63) is 41.4 Å². The zero-order chi connectivity index (χ0) is 15.9. The number of aromatic nitrogens is 2. The number of benzene rings is 1. The maximum atomic E-state index is 12.2. The molecule has 0 saturated heterocycles. The lowest BCUT2D eigenvalue weighted by atomic mass is 10.3. The van der Waals surface area contributed by atoms with Crippen LogP contribution in [0.5, 0.6) is 0 Å². The van der Waals surface area contributed by atoms with Gasteiger partial charge in [0.25, 0.3) is 0 Å². The fourth-order valence-electron chi connectivity index (χ4n) is 1.50. The Labute approximate surface area is 145 Å². The highest BCUT2D eigenvalue weighted by atomic mass is 79.9. The molecule has 1 heterocycles. The first-order valence-electron chi connectivity index (χ1n) is 6.50. The van der Waals surface area contributed by atoms with Crippen molar-refractivity contribution in [2.75, 3.05) is 17.2 Å². The number of amides is 1. The first kappa shape index (κ1) is 17.0. The Morgan fingerprint density at radius 1 is 1.55 bits per heavy atom. The van der Waals surface area contributed by atoms with Gasteiger partial charge in [0.05, 0.1) is 5.25 Å². The zero-order valence-electron chi connectivity index (χ0n) is 11.9. The molecular formula is C14H15BrN4OS2. The maximum absolute atomic E-state index is 12.2. The minimum Gasteiger partial charge on any atom is -0.357 e. The fourth-order valence-corrected chi connectivity index (χ4v) is 3.81. The third kappa shape index (κ3) is 5.11. The third-order valence-corrected chi connectivity index (χ3v) is 5.10. The second-order valence-corrected chi connectivity index (χ2v) is 7.78. The molecule has 8 heteroatoms. The molecule has 116 valence electrons. The van der Waals surface area contributed by atoms with Crippen LogP contribution >= 0.6 is 39.0 Å². The number of carbonyl (C=O) groups excluding carboxylic acids is 1. The number of anilines is 2. The van der Waals surface area contributed by atoms with Crippen LogP contribution in [0.25, 0.3) is 0 Å². The van der Waals surface area contributed by atoms with E-state index in [0.29, 0.717) is 6.54 Å². The molecule has 0 bridgehead atoms. The van der Waals surface area contributed by atoms with Crippen LogP contribution in [0.4, 0.5) is 10.8 Å². The second kappa shape index (κ2) is 8.30. The average Bonchev–Trinajstić information content (AvgIpc) is 2.92. The van der Waals surface area contributed by atoms with Gasteiger partial charge in [-0.2, -0.15) is 0 Å². The Morgan fingerprint density at radius 2 is 2.36 bits per heavy atom. The van der Waals surface area contributed by atoms with Crippen LogP contribution < -0.4 is 10.6 Å². The lowest BCUT2D eigenvalue weighted by molar-refractivity contribution is -0.115. The van der Waals surface area contributed by atoms with Crippen molar-refractivity contribution in [2.24, 2.45) is 0 Å². The van der Waals surface area contributed by atoms with Crippen LogP contribution in [-0.4, -0.2) is 27.9 Å². The number of carbonyl (C=O) groups is 1. The summed E-state index contributed by atoms with van der Waals surface area (Å²) in [5.74, 6) is -0.0705. The van der Waals surface area contributed by atoms with E-state index in [-0.39, 0.29) is 11.2 Å². The third-order valence-electron chi connectivity index (χ3n) is 2.54. The van der Waals surface area contributed by atoms with Crippen molar-refractivity contribution >= 4 is 55.8 Å². The molecule has 2 rings (SSSR count). The molecule has 5 nitrogen and oxygen atoms in total. The second-order valence-electron chi connectivity index (χ2n) is 4.30. The smallest absolute Gasteiger partial charge is 0.237 e. The van der Waals surface area contributed by atoms with Gasteiger partial charge in [0.2, 0.25) is 11.0 Å². The number of halogens is 1. The van der Waals surface area contributed by atoms with Gasteiger partial charge in [-0.15, -0.1) is 16.8 Å². The molecule has 22 heavy (non-hydrogen) atoms. The summed E-state index contributed by atoms with van der Waals surface area (Å²) >= 11 is 6.19. The van der Waals surface area contributed by atoms with E-state index in [2.05, 4.69) is 43.3 Å². The molecule has 0 unspecified atom stereocenters. The Morgan fingerprint density at radius 3 is 3.09 bits per heavy atom. The lowest BCUT2D eigenvalue weighted by Gasteiger charge is -2.10. The normalized spacial score (nSPS) is 11.7. The van der Waals surface area contributed by atoms with Gasteiger partial charge in [0, 0.05) is 16.7 Å². The Balaban J connectivity index is 1.90. The topological polar surface area (TPSA) is 66.9 Å². The van der Waals surface area contributed by atoms with Gasteiger partial charge in [-0.3, -0.25) is 4.79 Å². The molecule has 0 aliphatic rings.